The van der Waals surface area contributed by atoms with Gasteiger partial charge in [0.2, 0.25) is 0 Å². The fourth-order valence-electron chi connectivity index (χ4n) is 2.73. The van der Waals surface area contributed by atoms with E-state index >= 15 is 0 Å². The second-order valence-corrected chi connectivity index (χ2v) is 6.57. The topological polar surface area (TPSA) is 26.0 Å². The minimum absolute atomic E-state index is 0.163. The molecule has 0 aliphatic carbocycles. The molecule has 21 heavy (non-hydrogen) atoms. The Bertz CT molecular complexity index is 347. The van der Waals surface area contributed by atoms with E-state index in [4.69, 9.17) is 17.3 Å². The smallest absolute Gasteiger partial charge is 0.0406 e. The quantitative estimate of drug-likeness (QED) is 0.430. The van der Waals surface area contributed by atoms with Crippen molar-refractivity contribution in [3.63, 3.8) is 0 Å². The summed E-state index contributed by atoms with van der Waals surface area (Å²) in [7, 11) is 0. The third-order valence-electron chi connectivity index (χ3n) is 4.17. The van der Waals surface area contributed by atoms with E-state index < -0.39 is 0 Å². The van der Waals surface area contributed by atoms with Crippen LogP contribution >= 0.6 is 11.6 Å². The van der Waals surface area contributed by atoms with Crippen molar-refractivity contribution in [1.29, 1.82) is 0 Å². The Balaban J connectivity index is 1.95. The molecule has 0 aliphatic heterocycles. The molecule has 1 nitrogen and oxygen atoms in total. The summed E-state index contributed by atoms with van der Waals surface area (Å²) in [6.07, 6.45) is 14.8. The lowest BCUT2D eigenvalue weighted by Gasteiger charge is -2.11. The van der Waals surface area contributed by atoms with Crippen LogP contribution < -0.4 is 5.73 Å². The summed E-state index contributed by atoms with van der Waals surface area (Å²) in [6, 6.07) is 8.10. The average Bonchev–Trinajstić information content (AvgIpc) is 2.49. The van der Waals surface area contributed by atoms with Crippen LogP contribution in [0.3, 0.4) is 0 Å². The first-order valence-corrected chi connectivity index (χ1v) is 9.13. The molecule has 0 heterocycles. The molecule has 0 bridgehead atoms. The van der Waals surface area contributed by atoms with Gasteiger partial charge >= 0.3 is 0 Å². The molecule has 1 aromatic carbocycles. The minimum Gasteiger partial charge on any atom is -0.324 e. The molecule has 1 rings (SSSR count). The lowest BCUT2D eigenvalue weighted by molar-refractivity contribution is 0.529. The van der Waals surface area contributed by atoms with Gasteiger partial charge in [-0.15, -0.1) is 0 Å². The van der Waals surface area contributed by atoms with Gasteiger partial charge in [-0.1, -0.05) is 94.9 Å². The average molecular weight is 310 g/mol. The van der Waals surface area contributed by atoms with Crippen molar-refractivity contribution in [1.82, 2.24) is 0 Å². The highest BCUT2D eigenvalue weighted by Gasteiger charge is 2.05. The van der Waals surface area contributed by atoms with Crippen molar-refractivity contribution in [2.24, 2.45) is 5.73 Å². The number of hydrogen-bond donors (Lipinski definition) is 1. The minimum atomic E-state index is 0.163. The molecule has 1 atom stereocenters. The van der Waals surface area contributed by atoms with Crippen molar-refractivity contribution >= 4 is 11.6 Å². The number of benzene rings is 1. The molecule has 0 aliphatic rings. The Kier molecular flexibility index (Phi) is 10.6. The molecule has 1 aromatic rings. The highest BCUT2D eigenvalue weighted by atomic mass is 35.5. The van der Waals surface area contributed by atoms with Crippen LogP contribution in [0, 0.1) is 0 Å². The van der Waals surface area contributed by atoms with E-state index in [9.17, 15) is 0 Å². The molecule has 0 aromatic heterocycles. The van der Waals surface area contributed by atoms with Gasteiger partial charge in [-0.3, -0.25) is 0 Å². The Morgan fingerprint density at radius 3 is 1.81 bits per heavy atom. The number of unbranched alkanes of at least 4 members (excludes halogenated alkanes) is 9. The van der Waals surface area contributed by atoms with Crippen LogP contribution in [0.25, 0.3) is 0 Å². The zero-order valence-corrected chi connectivity index (χ0v) is 14.4. The standard InChI is InChI=1S/C19H32ClN/c1-2-3-4-5-6-7-8-9-10-11-12-19(21)17-13-15-18(20)16-14-17/h13-16,19H,2-12,21H2,1H3. The van der Waals surface area contributed by atoms with Gasteiger partial charge in [0.15, 0.2) is 0 Å². The third kappa shape index (κ3) is 9.16. The van der Waals surface area contributed by atoms with Gasteiger partial charge in [-0.2, -0.15) is 0 Å². The van der Waals surface area contributed by atoms with Crippen LogP contribution in [0.15, 0.2) is 24.3 Å². The van der Waals surface area contributed by atoms with E-state index in [2.05, 4.69) is 6.92 Å². The van der Waals surface area contributed by atoms with Crippen LogP contribution in [-0.2, 0) is 0 Å². The van der Waals surface area contributed by atoms with Gasteiger partial charge in [-0.05, 0) is 24.1 Å². The van der Waals surface area contributed by atoms with Gasteiger partial charge in [0.25, 0.3) is 0 Å². The van der Waals surface area contributed by atoms with E-state index in [0.29, 0.717) is 0 Å². The summed E-state index contributed by atoms with van der Waals surface area (Å²) >= 11 is 5.89. The van der Waals surface area contributed by atoms with Crippen molar-refractivity contribution < 1.29 is 0 Å². The van der Waals surface area contributed by atoms with Gasteiger partial charge < -0.3 is 5.73 Å². The maximum Gasteiger partial charge on any atom is 0.0406 e. The number of hydrogen-bond acceptors (Lipinski definition) is 1. The molecule has 1 unspecified atom stereocenters. The van der Waals surface area contributed by atoms with Gasteiger partial charge in [0.05, 0.1) is 0 Å². The monoisotopic (exact) mass is 309 g/mol. The largest absolute Gasteiger partial charge is 0.324 e. The highest BCUT2D eigenvalue weighted by Crippen LogP contribution is 2.20. The SMILES string of the molecule is CCCCCCCCCCCCC(N)c1ccc(Cl)cc1. The zero-order valence-electron chi connectivity index (χ0n) is 13.6. The van der Waals surface area contributed by atoms with Gasteiger partial charge in [-0.25, -0.2) is 0 Å². The second kappa shape index (κ2) is 12.1. The Morgan fingerprint density at radius 1 is 0.810 bits per heavy atom. The number of halogens is 1. The number of nitrogens with two attached hydrogens (primary N) is 1. The summed E-state index contributed by atoms with van der Waals surface area (Å²) in [6.45, 7) is 2.27. The Labute approximate surface area is 136 Å². The Hall–Kier alpha value is -0.530. The number of rotatable bonds is 12. The van der Waals surface area contributed by atoms with E-state index in [1.807, 2.05) is 24.3 Å². The van der Waals surface area contributed by atoms with E-state index in [1.54, 1.807) is 0 Å². The molecule has 0 radical (unpaired) electrons. The molecule has 2 heteroatoms. The fourth-order valence-corrected chi connectivity index (χ4v) is 2.85. The summed E-state index contributed by atoms with van der Waals surface area (Å²) < 4.78 is 0. The van der Waals surface area contributed by atoms with Crippen LogP contribution in [0.5, 0.6) is 0 Å². The molecule has 0 saturated carbocycles. The van der Waals surface area contributed by atoms with Gasteiger partial charge in [0, 0.05) is 11.1 Å². The van der Waals surface area contributed by atoms with E-state index in [1.165, 1.54) is 69.8 Å². The van der Waals surface area contributed by atoms with E-state index in [0.717, 1.165) is 11.4 Å². The maximum atomic E-state index is 6.21. The summed E-state index contributed by atoms with van der Waals surface area (Å²) in [5, 5.41) is 0.782. The third-order valence-corrected chi connectivity index (χ3v) is 4.42. The van der Waals surface area contributed by atoms with Crippen LogP contribution in [-0.4, -0.2) is 0 Å². The van der Waals surface area contributed by atoms with Crippen molar-refractivity contribution in [2.75, 3.05) is 0 Å². The van der Waals surface area contributed by atoms with Crippen molar-refractivity contribution in [3.8, 4) is 0 Å². The normalized spacial score (nSPS) is 12.5. The van der Waals surface area contributed by atoms with Crippen LogP contribution in [0.2, 0.25) is 5.02 Å². The van der Waals surface area contributed by atoms with Crippen molar-refractivity contribution in [2.45, 2.75) is 83.6 Å². The summed E-state index contributed by atoms with van der Waals surface area (Å²) in [5.74, 6) is 0. The Morgan fingerprint density at radius 2 is 1.29 bits per heavy atom. The van der Waals surface area contributed by atoms with Crippen molar-refractivity contribution in [3.05, 3.63) is 34.9 Å². The lowest BCUT2D eigenvalue weighted by Crippen LogP contribution is -2.09. The molecular weight excluding hydrogens is 278 g/mol. The molecule has 0 spiro atoms. The first kappa shape index (κ1) is 18.5. The predicted molar refractivity (Wildman–Crippen MR) is 94.8 cm³/mol. The summed E-state index contributed by atoms with van der Waals surface area (Å²) in [5.41, 5.74) is 7.41. The predicted octanol–water partition coefficient (Wildman–Crippen LogP) is 6.65. The second-order valence-electron chi connectivity index (χ2n) is 6.13. The molecular formula is C19H32ClN. The zero-order chi connectivity index (χ0) is 15.3. The first-order chi connectivity index (χ1) is 10.2. The molecule has 2 N–H and O–H groups in total. The fraction of sp³-hybridized carbons (Fsp3) is 0.684. The highest BCUT2D eigenvalue weighted by molar-refractivity contribution is 6.30. The van der Waals surface area contributed by atoms with E-state index in [-0.39, 0.29) is 6.04 Å². The van der Waals surface area contributed by atoms with Gasteiger partial charge in [0.1, 0.15) is 0 Å². The maximum absolute atomic E-state index is 6.21. The molecule has 120 valence electrons. The van der Waals surface area contributed by atoms with Crippen LogP contribution in [0.4, 0.5) is 0 Å². The van der Waals surface area contributed by atoms with Crippen LogP contribution in [0.1, 0.15) is 89.2 Å². The first-order valence-electron chi connectivity index (χ1n) is 8.75. The molecule has 0 amide bonds. The molecule has 0 fully saturated rings. The molecule has 0 saturated heterocycles. The lowest BCUT2D eigenvalue weighted by atomic mass is 10.00. The summed E-state index contributed by atoms with van der Waals surface area (Å²) in [4.78, 5) is 0.